The molecule has 0 aliphatic rings. The van der Waals surface area contributed by atoms with Gasteiger partial charge in [0, 0.05) is 6.20 Å². The molecule has 108 valence electrons. The summed E-state index contributed by atoms with van der Waals surface area (Å²) in [7, 11) is 0. The largest absolute Gasteiger partial charge is 0.416 e. The van der Waals surface area contributed by atoms with E-state index in [1.54, 1.807) is 12.3 Å². The highest BCUT2D eigenvalue weighted by molar-refractivity contribution is 9.09. The van der Waals surface area contributed by atoms with E-state index in [1.807, 2.05) is 6.92 Å². The van der Waals surface area contributed by atoms with E-state index in [2.05, 4.69) is 26.2 Å². The molecule has 2 aromatic rings. The molecule has 1 atom stereocenters. The van der Waals surface area contributed by atoms with Crippen LogP contribution in [0.5, 0.6) is 0 Å². The van der Waals surface area contributed by atoms with Crippen LogP contribution >= 0.6 is 15.9 Å². The molecule has 1 unspecified atom stereocenters. The fourth-order valence-corrected chi connectivity index (χ4v) is 1.99. The third kappa shape index (κ3) is 3.59. The highest BCUT2D eigenvalue weighted by Crippen LogP contribution is 2.29. The van der Waals surface area contributed by atoms with Crippen LogP contribution in [0, 0.1) is 0 Å². The van der Waals surface area contributed by atoms with Gasteiger partial charge in [0.05, 0.1) is 22.6 Å². The van der Waals surface area contributed by atoms with Crippen molar-refractivity contribution in [2.75, 3.05) is 0 Å². The Labute approximate surface area is 122 Å². The molecule has 0 saturated heterocycles. The van der Waals surface area contributed by atoms with E-state index in [0.29, 0.717) is 5.56 Å². The van der Waals surface area contributed by atoms with Crippen LogP contribution in [0.15, 0.2) is 30.5 Å². The Morgan fingerprint density at radius 1 is 1.35 bits per heavy atom. The highest BCUT2D eigenvalue weighted by atomic mass is 79.9. The van der Waals surface area contributed by atoms with E-state index in [-0.39, 0.29) is 11.4 Å². The van der Waals surface area contributed by atoms with Crippen molar-refractivity contribution < 1.29 is 13.2 Å². The average Bonchev–Trinajstić information content (AvgIpc) is 2.85. The van der Waals surface area contributed by atoms with E-state index in [1.165, 1.54) is 10.7 Å². The van der Waals surface area contributed by atoms with Gasteiger partial charge in [-0.2, -0.15) is 13.2 Å². The van der Waals surface area contributed by atoms with Gasteiger partial charge in [-0.15, -0.1) is 5.10 Å². The SMILES string of the molecule is CCC(Br)c1cn(Cc2cccc(C(F)(F)F)c2)nn1. The molecule has 1 aromatic heterocycles. The van der Waals surface area contributed by atoms with Crippen LogP contribution in [0.25, 0.3) is 0 Å². The maximum Gasteiger partial charge on any atom is 0.416 e. The molecule has 0 aliphatic heterocycles. The molecule has 0 bridgehead atoms. The number of hydrogen-bond donors (Lipinski definition) is 0. The molecule has 0 N–H and O–H groups in total. The molecule has 0 radical (unpaired) electrons. The van der Waals surface area contributed by atoms with Crippen LogP contribution < -0.4 is 0 Å². The smallest absolute Gasteiger partial charge is 0.248 e. The van der Waals surface area contributed by atoms with Crippen molar-refractivity contribution in [1.29, 1.82) is 0 Å². The summed E-state index contributed by atoms with van der Waals surface area (Å²) in [5.41, 5.74) is 0.667. The zero-order valence-corrected chi connectivity index (χ0v) is 12.3. The predicted molar refractivity (Wildman–Crippen MR) is 72.5 cm³/mol. The minimum atomic E-state index is -4.33. The Bertz CT molecular complexity index is 580. The van der Waals surface area contributed by atoms with Crippen LogP contribution in [0.3, 0.4) is 0 Å². The molecule has 20 heavy (non-hydrogen) atoms. The van der Waals surface area contributed by atoms with Gasteiger partial charge in [-0.25, -0.2) is 4.68 Å². The number of alkyl halides is 4. The second-order valence-electron chi connectivity index (χ2n) is 4.41. The molecule has 2 rings (SSSR count). The lowest BCUT2D eigenvalue weighted by Crippen LogP contribution is -2.07. The Kier molecular flexibility index (Phi) is 4.47. The lowest BCUT2D eigenvalue weighted by molar-refractivity contribution is -0.137. The Balaban J connectivity index is 2.16. The van der Waals surface area contributed by atoms with Gasteiger partial charge in [0.2, 0.25) is 0 Å². The molecule has 1 aromatic carbocycles. The number of rotatable bonds is 4. The van der Waals surface area contributed by atoms with Crippen molar-refractivity contribution in [3.05, 3.63) is 47.3 Å². The van der Waals surface area contributed by atoms with Crippen molar-refractivity contribution in [2.45, 2.75) is 30.9 Å². The Hall–Kier alpha value is -1.37. The van der Waals surface area contributed by atoms with Crippen LogP contribution in [-0.2, 0) is 12.7 Å². The van der Waals surface area contributed by atoms with E-state index in [4.69, 9.17) is 0 Å². The van der Waals surface area contributed by atoms with Crippen LogP contribution in [0.4, 0.5) is 13.2 Å². The predicted octanol–water partition coefficient (Wildman–Crippen LogP) is 4.19. The average molecular weight is 348 g/mol. The summed E-state index contributed by atoms with van der Waals surface area (Å²) in [6.45, 7) is 2.27. The summed E-state index contributed by atoms with van der Waals surface area (Å²) in [5.74, 6) is 0. The molecule has 0 amide bonds. The van der Waals surface area contributed by atoms with Gasteiger partial charge in [-0.1, -0.05) is 40.2 Å². The van der Waals surface area contributed by atoms with Gasteiger partial charge in [-0.05, 0) is 24.1 Å². The monoisotopic (exact) mass is 347 g/mol. The molecule has 0 aliphatic carbocycles. The van der Waals surface area contributed by atoms with Crippen molar-refractivity contribution in [3.8, 4) is 0 Å². The minimum Gasteiger partial charge on any atom is -0.248 e. The summed E-state index contributed by atoms with van der Waals surface area (Å²) >= 11 is 3.46. The van der Waals surface area contributed by atoms with Crippen molar-refractivity contribution in [3.63, 3.8) is 0 Å². The van der Waals surface area contributed by atoms with Crippen molar-refractivity contribution in [1.82, 2.24) is 15.0 Å². The summed E-state index contributed by atoms with van der Waals surface area (Å²) < 4.78 is 39.4. The van der Waals surface area contributed by atoms with E-state index < -0.39 is 11.7 Å². The molecule has 0 saturated carbocycles. The fraction of sp³-hybridized carbons (Fsp3) is 0.385. The summed E-state index contributed by atoms with van der Waals surface area (Å²) in [6.07, 6.45) is -1.72. The van der Waals surface area contributed by atoms with Gasteiger partial charge >= 0.3 is 6.18 Å². The maximum absolute atomic E-state index is 12.6. The van der Waals surface area contributed by atoms with Gasteiger partial charge in [-0.3, -0.25) is 0 Å². The zero-order chi connectivity index (χ0) is 14.8. The zero-order valence-electron chi connectivity index (χ0n) is 10.7. The Morgan fingerprint density at radius 2 is 2.10 bits per heavy atom. The highest BCUT2D eigenvalue weighted by Gasteiger charge is 2.30. The maximum atomic E-state index is 12.6. The number of hydrogen-bond acceptors (Lipinski definition) is 2. The summed E-state index contributed by atoms with van der Waals surface area (Å²) in [5, 5.41) is 7.93. The first-order chi connectivity index (χ1) is 9.40. The Morgan fingerprint density at radius 3 is 2.75 bits per heavy atom. The molecule has 1 heterocycles. The van der Waals surface area contributed by atoms with Gasteiger partial charge in [0.1, 0.15) is 0 Å². The summed E-state index contributed by atoms with van der Waals surface area (Å²) in [4.78, 5) is 0.109. The molecule has 0 fully saturated rings. The molecular weight excluding hydrogens is 335 g/mol. The van der Waals surface area contributed by atoms with Gasteiger partial charge in [0.25, 0.3) is 0 Å². The van der Waals surface area contributed by atoms with Crippen molar-refractivity contribution in [2.24, 2.45) is 0 Å². The van der Waals surface area contributed by atoms with E-state index in [0.717, 1.165) is 24.2 Å². The van der Waals surface area contributed by atoms with E-state index >= 15 is 0 Å². The second-order valence-corrected chi connectivity index (χ2v) is 5.52. The third-order valence-corrected chi connectivity index (χ3v) is 3.95. The molecule has 3 nitrogen and oxygen atoms in total. The van der Waals surface area contributed by atoms with Gasteiger partial charge < -0.3 is 0 Å². The minimum absolute atomic E-state index is 0.109. The third-order valence-electron chi connectivity index (χ3n) is 2.83. The number of benzene rings is 1. The number of nitrogens with zero attached hydrogens (tertiary/aromatic N) is 3. The molecule has 0 spiro atoms. The fourth-order valence-electron chi connectivity index (χ4n) is 1.78. The van der Waals surface area contributed by atoms with Gasteiger partial charge in [0.15, 0.2) is 0 Å². The normalized spacial score (nSPS) is 13.4. The van der Waals surface area contributed by atoms with Crippen LogP contribution in [0.2, 0.25) is 0 Å². The first-order valence-corrected chi connectivity index (χ1v) is 7.02. The molecular formula is C13H13BrF3N3. The quantitative estimate of drug-likeness (QED) is 0.776. The van der Waals surface area contributed by atoms with E-state index in [9.17, 15) is 13.2 Å². The lowest BCUT2D eigenvalue weighted by Gasteiger charge is -2.08. The summed E-state index contributed by atoms with van der Waals surface area (Å²) in [6, 6.07) is 5.23. The van der Waals surface area contributed by atoms with Crippen molar-refractivity contribution >= 4 is 15.9 Å². The molecule has 7 heteroatoms. The first kappa shape index (κ1) is 15.0. The standard InChI is InChI=1S/C13H13BrF3N3/c1-2-11(14)12-8-20(19-18-12)7-9-4-3-5-10(6-9)13(15,16)17/h3-6,8,11H,2,7H2,1H3. The van der Waals surface area contributed by atoms with Crippen LogP contribution in [0.1, 0.15) is 35.0 Å². The number of aromatic nitrogens is 3. The van der Waals surface area contributed by atoms with Crippen LogP contribution in [-0.4, -0.2) is 15.0 Å². The second kappa shape index (κ2) is 5.95. The topological polar surface area (TPSA) is 30.7 Å². The number of halogens is 4. The lowest BCUT2D eigenvalue weighted by atomic mass is 10.1. The first-order valence-electron chi connectivity index (χ1n) is 6.10.